The average molecular weight is 326 g/mol. The Bertz CT molecular complexity index is 795. The molecular weight excluding hydrogens is 308 g/mol. The minimum atomic E-state index is -0.327. The molecule has 2 heterocycles. The van der Waals surface area contributed by atoms with Crippen molar-refractivity contribution >= 4 is 11.6 Å². The summed E-state index contributed by atoms with van der Waals surface area (Å²) >= 11 is 0. The Morgan fingerprint density at radius 3 is 2.92 bits per heavy atom. The Morgan fingerprint density at radius 2 is 2.17 bits per heavy atom. The summed E-state index contributed by atoms with van der Waals surface area (Å²) in [6.07, 6.45) is 3.33. The molecular formula is C17H18N4O3. The molecule has 0 saturated heterocycles. The third-order valence-electron chi connectivity index (χ3n) is 3.33. The molecule has 3 rings (SSSR count). The predicted molar refractivity (Wildman–Crippen MR) is 87.5 cm³/mol. The highest BCUT2D eigenvalue weighted by Crippen LogP contribution is 2.09. The molecule has 0 atom stereocenters. The van der Waals surface area contributed by atoms with E-state index in [4.69, 9.17) is 9.26 Å². The van der Waals surface area contributed by atoms with E-state index < -0.39 is 0 Å². The van der Waals surface area contributed by atoms with E-state index in [1.807, 2.05) is 30.3 Å². The van der Waals surface area contributed by atoms with Gasteiger partial charge in [-0.25, -0.2) is 0 Å². The molecule has 7 heteroatoms. The van der Waals surface area contributed by atoms with Crippen molar-refractivity contribution in [2.75, 3.05) is 11.9 Å². The van der Waals surface area contributed by atoms with Gasteiger partial charge in [-0.1, -0.05) is 35.5 Å². The first kappa shape index (κ1) is 15.9. The summed E-state index contributed by atoms with van der Waals surface area (Å²) in [4.78, 5) is 12.0. The first-order chi connectivity index (χ1) is 11.7. The number of anilines is 1. The van der Waals surface area contributed by atoms with E-state index in [9.17, 15) is 4.79 Å². The number of nitrogens with one attached hydrogen (secondary N) is 1. The lowest BCUT2D eigenvalue weighted by atomic mass is 10.2. The van der Waals surface area contributed by atoms with E-state index >= 15 is 0 Å². The Hall–Kier alpha value is -2.93. The number of nitrogens with zero attached hydrogens (tertiary/aromatic N) is 3. The molecule has 2 aromatic heterocycles. The van der Waals surface area contributed by atoms with Crippen molar-refractivity contribution in [3.63, 3.8) is 0 Å². The molecule has 1 amide bonds. The van der Waals surface area contributed by atoms with Crippen LogP contribution in [-0.2, 0) is 17.9 Å². The molecule has 0 aliphatic rings. The van der Waals surface area contributed by atoms with E-state index in [2.05, 4.69) is 15.6 Å². The average Bonchev–Trinajstić information content (AvgIpc) is 3.22. The lowest BCUT2D eigenvalue weighted by Crippen LogP contribution is -2.11. The molecule has 0 spiro atoms. The van der Waals surface area contributed by atoms with Crippen molar-refractivity contribution in [3.8, 4) is 0 Å². The van der Waals surface area contributed by atoms with Crippen LogP contribution in [0.15, 0.2) is 53.3 Å². The molecule has 3 aromatic rings. The molecule has 0 bridgehead atoms. The SMILES string of the molecule is Cc1cc(C(=O)Nc2cnn(CCOCc3ccccc3)c2)no1. The van der Waals surface area contributed by atoms with Gasteiger partial charge in [-0.15, -0.1) is 0 Å². The Labute approximate surface area is 139 Å². The second kappa shape index (κ2) is 7.56. The predicted octanol–water partition coefficient (Wildman–Crippen LogP) is 2.65. The van der Waals surface area contributed by atoms with Crippen LogP contribution in [0.4, 0.5) is 5.69 Å². The van der Waals surface area contributed by atoms with Gasteiger partial charge in [0.05, 0.1) is 31.6 Å². The maximum absolute atomic E-state index is 12.0. The first-order valence-electron chi connectivity index (χ1n) is 7.59. The summed E-state index contributed by atoms with van der Waals surface area (Å²) in [5.74, 6) is 0.262. The van der Waals surface area contributed by atoms with Gasteiger partial charge in [0.1, 0.15) is 5.76 Å². The number of aromatic nitrogens is 3. The topological polar surface area (TPSA) is 82.2 Å². The highest BCUT2D eigenvalue weighted by Gasteiger charge is 2.11. The standard InChI is InChI=1S/C17H18N4O3/c1-13-9-16(20-24-13)17(22)19-15-10-18-21(11-15)7-8-23-12-14-5-3-2-4-6-14/h2-6,9-11H,7-8,12H2,1H3,(H,19,22). The number of aryl methyl sites for hydroxylation is 1. The van der Waals surface area contributed by atoms with E-state index in [0.29, 0.717) is 31.2 Å². The maximum Gasteiger partial charge on any atom is 0.277 e. The van der Waals surface area contributed by atoms with Gasteiger partial charge in [-0.05, 0) is 12.5 Å². The van der Waals surface area contributed by atoms with Crippen LogP contribution in [0.25, 0.3) is 0 Å². The third-order valence-corrected chi connectivity index (χ3v) is 3.33. The maximum atomic E-state index is 12.0. The minimum Gasteiger partial charge on any atom is -0.375 e. The molecule has 0 fully saturated rings. The number of rotatable bonds is 7. The van der Waals surface area contributed by atoms with Crippen LogP contribution in [0.2, 0.25) is 0 Å². The zero-order valence-corrected chi connectivity index (χ0v) is 13.3. The third kappa shape index (κ3) is 4.30. The van der Waals surface area contributed by atoms with E-state index in [-0.39, 0.29) is 11.6 Å². The largest absolute Gasteiger partial charge is 0.375 e. The molecule has 124 valence electrons. The zero-order valence-electron chi connectivity index (χ0n) is 13.3. The van der Waals surface area contributed by atoms with Crippen LogP contribution in [-0.4, -0.2) is 27.5 Å². The fraction of sp³-hybridized carbons (Fsp3) is 0.235. The number of benzene rings is 1. The van der Waals surface area contributed by atoms with Gasteiger partial charge in [-0.3, -0.25) is 9.48 Å². The van der Waals surface area contributed by atoms with Crippen LogP contribution in [0.1, 0.15) is 21.8 Å². The highest BCUT2D eigenvalue weighted by molar-refractivity contribution is 6.02. The van der Waals surface area contributed by atoms with Crippen LogP contribution in [0.3, 0.4) is 0 Å². The summed E-state index contributed by atoms with van der Waals surface area (Å²) in [7, 11) is 0. The van der Waals surface area contributed by atoms with Gasteiger partial charge < -0.3 is 14.6 Å². The molecule has 1 N–H and O–H groups in total. The molecule has 0 aliphatic carbocycles. The second-order valence-corrected chi connectivity index (χ2v) is 5.31. The number of carbonyl (C=O) groups excluding carboxylic acids is 1. The smallest absolute Gasteiger partial charge is 0.277 e. The van der Waals surface area contributed by atoms with E-state index in [0.717, 1.165) is 5.56 Å². The summed E-state index contributed by atoms with van der Waals surface area (Å²) in [6.45, 7) is 3.44. The summed E-state index contributed by atoms with van der Waals surface area (Å²) in [5, 5.41) is 10.6. The van der Waals surface area contributed by atoms with Gasteiger partial charge in [0, 0.05) is 12.3 Å². The van der Waals surface area contributed by atoms with Crippen molar-refractivity contribution in [3.05, 3.63) is 65.8 Å². The van der Waals surface area contributed by atoms with E-state index in [1.165, 1.54) is 0 Å². The number of hydrogen-bond acceptors (Lipinski definition) is 5. The van der Waals surface area contributed by atoms with Crippen LogP contribution < -0.4 is 5.32 Å². The molecule has 24 heavy (non-hydrogen) atoms. The number of amides is 1. The van der Waals surface area contributed by atoms with Gasteiger partial charge >= 0.3 is 0 Å². The summed E-state index contributed by atoms with van der Waals surface area (Å²) < 4.78 is 12.2. The van der Waals surface area contributed by atoms with Gasteiger partial charge in [0.2, 0.25) is 0 Å². The monoisotopic (exact) mass is 326 g/mol. The fourth-order valence-electron chi connectivity index (χ4n) is 2.14. The van der Waals surface area contributed by atoms with Crippen molar-refractivity contribution < 1.29 is 14.1 Å². The lowest BCUT2D eigenvalue weighted by Gasteiger charge is -2.04. The number of hydrogen-bond donors (Lipinski definition) is 1. The normalized spacial score (nSPS) is 10.7. The second-order valence-electron chi connectivity index (χ2n) is 5.31. The quantitative estimate of drug-likeness (QED) is 0.675. The van der Waals surface area contributed by atoms with Gasteiger partial charge in [0.15, 0.2) is 5.69 Å². The fourth-order valence-corrected chi connectivity index (χ4v) is 2.14. The molecule has 0 aliphatic heterocycles. The summed E-state index contributed by atoms with van der Waals surface area (Å²) in [6, 6.07) is 11.6. The van der Waals surface area contributed by atoms with Crippen molar-refractivity contribution in [1.29, 1.82) is 0 Å². The van der Waals surface area contributed by atoms with Gasteiger partial charge in [0.25, 0.3) is 5.91 Å². The minimum absolute atomic E-state index is 0.242. The molecule has 0 unspecified atom stereocenters. The van der Waals surface area contributed by atoms with Crippen molar-refractivity contribution in [1.82, 2.24) is 14.9 Å². The Morgan fingerprint density at radius 1 is 1.33 bits per heavy atom. The molecule has 0 saturated carbocycles. The van der Waals surface area contributed by atoms with Crippen molar-refractivity contribution in [2.24, 2.45) is 0 Å². The van der Waals surface area contributed by atoms with Crippen molar-refractivity contribution in [2.45, 2.75) is 20.1 Å². The molecule has 1 aromatic carbocycles. The Balaban J connectivity index is 1.44. The number of carbonyl (C=O) groups is 1. The molecule has 7 nitrogen and oxygen atoms in total. The lowest BCUT2D eigenvalue weighted by molar-refractivity contribution is 0.101. The van der Waals surface area contributed by atoms with Crippen LogP contribution in [0, 0.1) is 6.92 Å². The van der Waals surface area contributed by atoms with Gasteiger partial charge in [-0.2, -0.15) is 5.10 Å². The Kier molecular flexibility index (Phi) is 5.02. The zero-order chi connectivity index (χ0) is 16.8. The first-order valence-corrected chi connectivity index (χ1v) is 7.59. The highest BCUT2D eigenvalue weighted by atomic mass is 16.5. The van der Waals surface area contributed by atoms with E-state index in [1.54, 1.807) is 30.1 Å². The number of ether oxygens (including phenoxy) is 1. The molecule has 0 radical (unpaired) electrons. The van der Waals surface area contributed by atoms with Crippen LogP contribution in [0.5, 0.6) is 0 Å². The summed E-state index contributed by atoms with van der Waals surface area (Å²) in [5.41, 5.74) is 1.98. The van der Waals surface area contributed by atoms with Crippen LogP contribution >= 0.6 is 0 Å².